The molecule has 4 nitrogen and oxygen atoms in total. The summed E-state index contributed by atoms with van der Waals surface area (Å²) >= 11 is 0. The molecule has 4 heteroatoms. The average molecular weight is 305 g/mol. The first-order chi connectivity index (χ1) is 10.7. The van der Waals surface area contributed by atoms with Crippen molar-refractivity contribution in [1.29, 1.82) is 0 Å². The Labute approximate surface area is 133 Å². The Morgan fingerprint density at radius 1 is 1.32 bits per heavy atom. The normalized spacial score (nSPS) is 24.0. The first kappa shape index (κ1) is 17.0. The Morgan fingerprint density at radius 2 is 2.05 bits per heavy atom. The lowest BCUT2D eigenvalue weighted by Gasteiger charge is -2.40. The number of esters is 1. The van der Waals surface area contributed by atoms with Crippen molar-refractivity contribution < 1.29 is 14.3 Å². The molecule has 0 unspecified atom stereocenters. The van der Waals surface area contributed by atoms with Gasteiger partial charge >= 0.3 is 5.97 Å². The summed E-state index contributed by atoms with van der Waals surface area (Å²) in [6.45, 7) is 4.21. The van der Waals surface area contributed by atoms with Crippen LogP contribution in [0.25, 0.3) is 0 Å². The third kappa shape index (κ3) is 4.31. The van der Waals surface area contributed by atoms with Crippen molar-refractivity contribution in [2.75, 3.05) is 27.3 Å². The quantitative estimate of drug-likeness (QED) is 0.757. The summed E-state index contributed by atoms with van der Waals surface area (Å²) < 4.78 is 10.4. The highest BCUT2D eigenvalue weighted by atomic mass is 16.5. The first-order valence-electron chi connectivity index (χ1n) is 8.04. The minimum atomic E-state index is -0.130. The molecule has 0 N–H and O–H groups in total. The smallest absolute Gasteiger partial charge is 0.305 e. The molecule has 2 rings (SSSR count). The molecule has 1 aromatic rings. The Morgan fingerprint density at radius 3 is 2.68 bits per heavy atom. The highest BCUT2D eigenvalue weighted by Crippen LogP contribution is 2.30. The number of piperidine rings is 1. The average Bonchev–Trinajstić information content (AvgIpc) is 2.59. The summed E-state index contributed by atoms with van der Waals surface area (Å²) in [6.07, 6.45) is 2.57. The lowest BCUT2D eigenvalue weighted by atomic mass is 9.88. The topological polar surface area (TPSA) is 38.8 Å². The molecule has 1 fully saturated rings. The van der Waals surface area contributed by atoms with E-state index in [2.05, 4.69) is 36.1 Å². The standard InChI is InChI=1S/C18H27NO3/c1-14(15-7-5-4-6-8-15)19-12-11-16(17(13-19)21-2)9-10-18(20)22-3/h4-8,14,16-17H,9-13H2,1-3H3/t14-,16+,17-/m0/s1. The lowest BCUT2D eigenvalue weighted by Crippen LogP contribution is -2.45. The molecule has 1 heterocycles. The summed E-state index contributed by atoms with van der Waals surface area (Å²) in [5.74, 6) is 0.304. The molecule has 1 saturated heterocycles. The van der Waals surface area contributed by atoms with E-state index in [1.165, 1.54) is 12.7 Å². The van der Waals surface area contributed by atoms with Crippen LogP contribution in [0.15, 0.2) is 30.3 Å². The van der Waals surface area contributed by atoms with Gasteiger partial charge in [0.1, 0.15) is 0 Å². The van der Waals surface area contributed by atoms with Gasteiger partial charge in [0, 0.05) is 26.1 Å². The van der Waals surface area contributed by atoms with Gasteiger partial charge in [0.05, 0.1) is 13.2 Å². The van der Waals surface area contributed by atoms with Gasteiger partial charge in [-0.05, 0) is 37.8 Å². The van der Waals surface area contributed by atoms with Crippen molar-refractivity contribution in [2.45, 2.75) is 38.3 Å². The van der Waals surface area contributed by atoms with Gasteiger partial charge in [-0.3, -0.25) is 9.69 Å². The fourth-order valence-corrected chi connectivity index (χ4v) is 3.29. The molecule has 1 aromatic carbocycles. The van der Waals surface area contributed by atoms with Crippen LogP contribution in [0, 0.1) is 5.92 Å². The van der Waals surface area contributed by atoms with E-state index in [-0.39, 0.29) is 12.1 Å². The zero-order valence-corrected chi connectivity index (χ0v) is 13.8. The maximum atomic E-state index is 11.3. The molecule has 0 spiro atoms. The Bertz CT molecular complexity index is 463. The molecular formula is C18H27NO3. The van der Waals surface area contributed by atoms with E-state index >= 15 is 0 Å². The zero-order valence-electron chi connectivity index (χ0n) is 13.8. The summed E-state index contributed by atoms with van der Waals surface area (Å²) in [5, 5.41) is 0. The number of rotatable bonds is 6. The minimum Gasteiger partial charge on any atom is -0.469 e. The monoisotopic (exact) mass is 305 g/mol. The van der Waals surface area contributed by atoms with Gasteiger partial charge in [0.15, 0.2) is 0 Å². The van der Waals surface area contributed by atoms with E-state index in [1.807, 2.05) is 6.07 Å². The van der Waals surface area contributed by atoms with Gasteiger partial charge in [-0.25, -0.2) is 0 Å². The van der Waals surface area contributed by atoms with Crippen LogP contribution in [0.3, 0.4) is 0 Å². The number of hydrogen-bond donors (Lipinski definition) is 0. The van der Waals surface area contributed by atoms with Gasteiger partial charge in [-0.15, -0.1) is 0 Å². The van der Waals surface area contributed by atoms with Crippen LogP contribution in [-0.4, -0.2) is 44.3 Å². The van der Waals surface area contributed by atoms with Gasteiger partial charge in [0.2, 0.25) is 0 Å². The molecule has 3 atom stereocenters. The Kier molecular flexibility index (Phi) is 6.40. The van der Waals surface area contributed by atoms with Crippen LogP contribution in [0.2, 0.25) is 0 Å². The van der Waals surface area contributed by atoms with Gasteiger partial charge in [-0.2, -0.15) is 0 Å². The predicted octanol–water partition coefficient (Wildman–Crippen LogP) is 3.04. The molecule has 122 valence electrons. The molecule has 1 aliphatic rings. The second-order valence-electron chi connectivity index (χ2n) is 6.02. The number of methoxy groups -OCH3 is 2. The van der Waals surface area contributed by atoms with E-state index in [4.69, 9.17) is 9.47 Å². The van der Waals surface area contributed by atoms with Crippen molar-refractivity contribution in [2.24, 2.45) is 5.92 Å². The first-order valence-corrected chi connectivity index (χ1v) is 8.04. The maximum Gasteiger partial charge on any atom is 0.305 e. The number of carbonyl (C=O) groups is 1. The van der Waals surface area contributed by atoms with Crippen molar-refractivity contribution in [3.63, 3.8) is 0 Å². The van der Waals surface area contributed by atoms with E-state index in [0.29, 0.717) is 18.4 Å². The summed E-state index contributed by atoms with van der Waals surface area (Å²) in [7, 11) is 3.22. The van der Waals surface area contributed by atoms with Crippen molar-refractivity contribution in [3.8, 4) is 0 Å². The summed E-state index contributed by atoms with van der Waals surface area (Å²) in [4.78, 5) is 13.8. The van der Waals surface area contributed by atoms with Crippen LogP contribution >= 0.6 is 0 Å². The summed E-state index contributed by atoms with van der Waals surface area (Å²) in [6, 6.07) is 11.0. The number of benzene rings is 1. The van der Waals surface area contributed by atoms with Crippen LogP contribution in [0.4, 0.5) is 0 Å². The maximum absolute atomic E-state index is 11.3. The second-order valence-corrected chi connectivity index (χ2v) is 6.02. The highest BCUT2D eigenvalue weighted by Gasteiger charge is 2.31. The molecule has 0 bridgehead atoms. The van der Waals surface area contributed by atoms with Crippen LogP contribution < -0.4 is 0 Å². The SMILES string of the molecule is COC(=O)CC[C@@H]1CCN([C@@H](C)c2ccccc2)C[C@@H]1OC. The molecule has 22 heavy (non-hydrogen) atoms. The predicted molar refractivity (Wildman–Crippen MR) is 86.6 cm³/mol. The van der Waals surface area contributed by atoms with Crippen LogP contribution in [0.5, 0.6) is 0 Å². The van der Waals surface area contributed by atoms with Crippen molar-refractivity contribution >= 4 is 5.97 Å². The van der Waals surface area contributed by atoms with Crippen molar-refractivity contribution in [1.82, 2.24) is 4.90 Å². The van der Waals surface area contributed by atoms with Gasteiger partial charge < -0.3 is 9.47 Å². The van der Waals surface area contributed by atoms with E-state index in [0.717, 1.165) is 25.9 Å². The number of ether oxygens (including phenoxy) is 2. The second kappa shape index (κ2) is 8.30. The van der Waals surface area contributed by atoms with Gasteiger partial charge in [0.25, 0.3) is 0 Å². The molecule has 0 radical (unpaired) electrons. The molecule has 1 aliphatic heterocycles. The molecule has 0 amide bonds. The summed E-state index contributed by atoms with van der Waals surface area (Å²) in [5.41, 5.74) is 1.34. The van der Waals surface area contributed by atoms with E-state index in [1.54, 1.807) is 7.11 Å². The number of nitrogens with zero attached hydrogens (tertiary/aromatic N) is 1. The zero-order chi connectivity index (χ0) is 15.9. The van der Waals surface area contributed by atoms with E-state index in [9.17, 15) is 4.79 Å². The molecule has 0 aromatic heterocycles. The molecule has 0 aliphatic carbocycles. The molecule has 0 saturated carbocycles. The van der Waals surface area contributed by atoms with Crippen LogP contribution in [-0.2, 0) is 14.3 Å². The van der Waals surface area contributed by atoms with Crippen LogP contribution in [0.1, 0.15) is 37.8 Å². The number of carbonyl (C=O) groups excluding carboxylic acids is 1. The van der Waals surface area contributed by atoms with Gasteiger partial charge in [-0.1, -0.05) is 30.3 Å². The fourth-order valence-electron chi connectivity index (χ4n) is 3.29. The number of hydrogen-bond acceptors (Lipinski definition) is 4. The minimum absolute atomic E-state index is 0.130. The third-order valence-electron chi connectivity index (χ3n) is 4.81. The largest absolute Gasteiger partial charge is 0.469 e. The highest BCUT2D eigenvalue weighted by molar-refractivity contribution is 5.69. The van der Waals surface area contributed by atoms with Crippen molar-refractivity contribution in [3.05, 3.63) is 35.9 Å². The third-order valence-corrected chi connectivity index (χ3v) is 4.81. The Hall–Kier alpha value is -1.39. The number of likely N-dealkylation sites (tertiary alicyclic amines) is 1. The van der Waals surface area contributed by atoms with E-state index < -0.39 is 0 Å². The Balaban J connectivity index is 1.93. The lowest BCUT2D eigenvalue weighted by molar-refractivity contribution is -0.141. The molecular weight excluding hydrogens is 278 g/mol. The fraction of sp³-hybridized carbons (Fsp3) is 0.611.